The summed E-state index contributed by atoms with van der Waals surface area (Å²) >= 11 is 0. The van der Waals surface area contributed by atoms with Crippen molar-refractivity contribution in [1.29, 1.82) is 0 Å². The zero-order valence-corrected chi connectivity index (χ0v) is 12.8. The minimum Gasteiger partial charge on any atom is -0.387 e. The van der Waals surface area contributed by atoms with Gasteiger partial charge in [0.05, 0.1) is 6.10 Å². The molecule has 2 saturated carbocycles. The lowest BCUT2D eigenvalue weighted by molar-refractivity contribution is 0.0500. The maximum Gasteiger partial charge on any atom is 0.0942 e. The summed E-state index contributed by atoms with van der Waals surface area (Å²) in [6.07, 6.45) is 6.10. The van der Waals surface area contributed by atoms with Gasteiger partial charge in [0.2, 0.25) is 0 Å². The standard InChI is InChI=1S/C18H27NO/c1-3-14-6-8-16(9-7-14)18(20)13(2)19(17-10-11-17)12-15-4-5-15/h6-9,13,15,17-18,20H,3-5,10-12H2,1-2H3. The highest BCUT2D eigenvalue weighted by atomic mass is 16.3. The first kappa shape index (κ1) is 14.1. The smallest absolute Gasteiger partial charge is 0.0942 e. The van der Waals surface area contributed by atoms with Crippen LogP contribution in [-0.2, 0) is 6.42 Å². The largest absolute Gasteiger partial charge is 0.387 e. The van der Waals surface area contributed by atoms with Crippen molar-refractivity contribution in [2.24, 2.45) is 5.92 Å². The van der Waals surface area contributed by atoms with Gasteiger partial charge in [-0.15, -0.1) is 0 Å². The molecule has 1 aromatic carbocycles. The first-order valence-electron chi connectivity index (χ1n) is 8.21. The van der Waals surface area contributed by atoms with E-state index in [1.807, 2.05) is 0 Å². The van der Waals surface area contributed by atoms with E-state index in [2.05, 4.69) is 43.0 Å². The third kappa shape index (κ3) is 3.24. The maximum absolute atomic E-state index is 10.7. The van der Waals surface area contributed by atoms with Crippen LogP contribution in [0.3, 0.4) is 0 Å². The number of aliphatic hydroxyl groups is 1. The molecule has 2 aliphatic rings. The van der Waals surface area contributed by atoms with Gasteiger partial charge in [-0.25, -0.2) is 0 Å². The number of aliphatic hydroxyl groups excluding tert-OH is 1. The second-order valence-electron chi connectivity index (χ2n) is 6.65. The zero-order valence-electron chi connectivity index (χ0n) is 12.8. The molecule has 0 bridgehead atoms. The summed E-state index contributed by atoms with van der Waals surface area (Å²) in [5.41, 5.74) is 2.40. The molecule has 3 rings (SSSR count). The van der Waals surface area contributed by atoms with Gasteiger partial charge in [-0.1, -0.05) is 31.2 Å². The Hall–Kier alpha value is -0.860. The Morgan fingerprint density at radius 2 is 1.80 bits per heavy atom. The molecule has 2 aliphatic carbocycles. The van der Waals surface area contributed by atoms with E-state index in [1.165, 1.54) is 37.8 Å². The lowest BCUT2D eigenvalue weighted by atomic mass is 10.00. The zero-order chi connectivity index (χ0) is 14.1. The van der Waals surface area contributed by atoms with E-state index in [4.69, 9.17) is 0 Å². The highest BCUT2D eigenvalue weighted by molar-refractivity contribution is 5.25. The summed E-state index contributed by atoms with van der Waals surface area (Å²) < 4.78 is 0. The van der Waals surface area contributed by atoms with Gasteiger partial charge in [0.25, 0.3) is 0 Å². The van der Waals surface area contributed by atoms with Gasteiger partial charge in [0, 0.05) is 18.6 Å². The first-order valence-corrected chi connectivity index (χ1v) is 8.21. The van der Waals surface area contributed by atoms with E-state index in [0.29, 0.717) is 0 Å². The summed E-state index contributed by atoms with van der Waals surface area (Å²) in [4.78, 5) is 2.57. The van der Waals surface area contributed by atoms with Gasteiger partial charge in [0.1, 0.15) is 0 Å². The van der Waals surface area contributed by atoms with Gasteiger partial charge in [-0.2, -0.15) is 0 Å². The molecule has 0 radical (unpaired) electrons. The van der Waals surface area contributed by atoms with Crippen LogP contribution in [0, 0.1) is 5.92 Å². The van der Waals surface area contributed by atoms with E-state index in [9.17, 15) is 5.11 Å². The molecule has 110 valence electrons. The molecule has 0 heterocycles. The molecule has 0 spiro atoms. The Bertz CT molecular complexity index is 433. The molecule has 0 saturated heterocycles. The topological polar surface area (TPSA) is 23.5 Å². The molecule has 2 nitrogen and oxygen atoms in total. The van der Waals surface area contributed by atoms with Crippen molar-refractivity contribution in [3.63, 3.8) is 0 Å². The summed E-state index contributed by atoms with van der Waals surface area (Å²) in [6, 6.07) is 9.46. The Kier molecular flexibility index (Phi) is 4.13. The molecule has 2 fully saturated rings. The van der Waals surface area contributed by atoms with Gasteiger partial charge in [-0.05, 0) is 56.1 Å². The Balaban J connectivity index is 1.67. The molecule has 0 amide bonds. The SMILES string of the molecule is CCc1ccc(C(O)C(C)N(CC2CC2)C2CC2)cc1. The monoisotopic (exact) mass is 273 g/mol. The van der Waals surface area contributed by atoms with Crippen molar-refractivity contribution in [1.82, 2.24) is 4.90 Å². The van der Waals surface area contributed by atoms with Crippen molar-refractivity contribution in [2.75, 3.05) is 6.54 Å². The lowest BCUT2D eigenvalue weighted by Gasteiger charge is -2.33. The fraction of sp³-hybridized carbons (Fsp3) is 0.667. The molecule has 0 aromatic heterocycles. The third-order valence-corrected chi connectivity index (χ3v) is 4.89. The van der Waals surface area contributed by atoms with E-state index < -0.39 is 0 Å². The first-order chi connectivity index (χ1) is 9.69. The molecular formula is C18H27NO. The van der Waals surface area contributed by atoms with Crippen molar-refractivity contribution in [3.8, 4) is 0 Å². The minimum absolute atomic E-state index is 0.232. The normalized spacial score (nSPS) is 22.0. The Morgan fingerprint density at radius 3 is 2.30 bits per heavy atom. The highest BCUT2D eigenvalue weighted by Crippen LogP contribution is 2.38. The van der Waals surface area contributed by atoms with Crippen LogP contribution in [0.5, 0.6) is 0 Å². The van der Waals surface area contributed by atoms with Crippen LogP contribution in [0.1, 0.15) is 56.8 Å². The van der Waals surface area contributed by atoms with Crippen LogP contribution < -0.4 is 0 Å². The van der Waals surface area contributed by atoms with E-state index in [1.54, 1.807) is 0 Å². The predicted molar refractivity (Wildman–Crippen MR) is 82.7 cm³/mol. The van der Waals surface area contributed by atoms with Crippen LogP contribution in [0.4, 0.5) is 0 Å². The fourth-order valence-corrected chi connectivity index (χ4v) is 3.06. The fourth-order valence-electron chi connectivity index (χ4n) is 3.06. The Morgan fingerprint density at radius 1 is 1.15 bits per heavy atom. The van der Waals surface area contributed by atoms with Crippen LogP contribution in [0.25, 0.3) is 0 Å². The molecule has 2 atom stereocenters. The highest BCUT2D eigenvalue weighted by Gasteiger charge is 2.38. The van der Waals surface area contributed by atoms with Crippen LogP contribution in [0.15, 0.2) is 24.3 Å². The average Bonchev–Trinajstić information content (AvgIpc) is 3.36. The van der Waals surface area contributed by atoms with Crippen molar-refractivity contribution < 1.29 is 5.11 Å². The Labute approximate surface area is 122 Å². The predicted octanol–water partition coefficient (Wildman–Crippen LogP) is 3.55. The van der Waals surface area contributed by atoms with Gasteiger partial charge in [0.15, 0.2) is 0 Å². The number of rotatable bonds is 7. The molecule has 20 heavy (non-hydrogen) atoms. The summed E-state index contributed by atoms with van der Waals surface area (Å²) in [7, 11) is 0. The average molecular weight is 273 g/mol. The van der Waals surface area contributed by atoms with E-state index in [0.717, 1.165) is 23.9 Å². The number of hydrogen-bond acceptors (Lipinski definition) is 2. The lowest BCUT2D eigenvalue weighted by Crippen LogP contribution is -2.40. The summed E-state index contributed by atoms with van der Waals surface area (Å²) in [6.45, 7) is 5.55. The number of nitrogens with zero attached hydrogens (tertiary/aromatic N) is 1. The van der Waals surface area contributed by atoms with E-state index in [-0.39, 0.29) is 12.1 Å². The third-order valence-electron chi connectivity index (χ3n) is 4.89. The summed E-state index contributed by atoms with van der Waals surface area (Å²) in [5.74, 6) is 0.896. The quantitative estimate of drug-likeness (QED) is 0.821. The van der Waals surface area contributed by atoms with Crippen molar-refractivity contribution in [3.05, 3.63) is 35.4 Å². The van der Waals surface area contributed by atoms with E-state index >= 15 is 0 Å². The van der Waals surface area contributed by atoms with Crippen LogP contribution in [0.2, 0.25) is 0 Å². The molecule has 1 aromatic rings. The molecule has 2 unspecified atom stereocenters. The van der Waals surface area contributed by atoms with Gasteiger partial charge >= 0.3 is 0 Å². The second kappa shape index (κ2) is 5.87. The van der Waals surface area contributed by atoms with Crippen LogP contribution >= 0.6 is 0 Å². The van der Waals surface area contributed by atoms with Crippen LogP contribution in [-0.4, -0.2) is 28.6 Å². The van der Waals surface area contributed by atoms with Gasteiger partial charge in [-0.3, -0.25) is 4.90 Å². The van der Waals surface area contributed by atoms with Gasteiger partial charge < -0.3 is 5.11 Å². The molecular weight excluding hydrogens is 246 g/mol. The number of benzene rings is 1. The maximum atomic E-state index is 10.7. The van der Waals surface area contributed by atoms with Crippen molar-refractivity contribution in [2.45, 2.75) is 64.1 Å². The second-order valence-corrected chi connectivity index (χ2v) is 6.65. The minimum atomic E-state index is -0.361. The molecule has 0 aliphatic heterocycles. The van der Waals surface area contributed by atoms with Crippen molar-refractivity contribution >= 4 is 0 Å². The number of aryl methyl sites for hydroxylation is 1. The number of hydrogen-bond donors (Lipinski definition) is 1. The molecule has 2 heteroatoms. The molecule has 1 N–H and O–H groups in total. The summed E-state index contributed by atoms with van der Waals surface area (Å²) in [5, 5.41) is 10.7.